The molecule has 4 nitrogen and oxygen atoms in total. The summed E-state index contributed by atoms with van der Waals surface area (Å²) in [4.78, 5) is 15.9. The maximum absolute atomic E-state index is 12.0. The van der Waals surface area contributed by atoms with Crippen LogP contribution in [-0.2, 0) is 0 Å². The van der Waals surface area contributed by atoms with Crippen LogP contribution < -0.4 is 5.32 Å². The van der Waals surface area contributed by atoms with Crippen LogP contribution in [0.2, 0.25) is 0 Å². The molecule has 1 N–H and O–H groups in total. The molecular formula is C15H29N3O. The van der Waals surface area contributed by atoms with Gasteiger partial charge >= 0.3 is 6.03 Å². The van der Waals surface area contributed by atoms with Crippen LogP contribution in [0.3, 0.4) is 0 Å². The Labute approximate surface area is 117 Å². The Balaban J connectivity index is 1.90. The third-order valence-corrected chi connectivity index (χ3v) is 4.59. The molecule has 110 valence electrons. The number of amides is 2. The summed E-state index contributed by atoms with van der Waals surface area (Å²) in [7, 11) is 1.90. The molecule has 2 amide bonds. The first-order chi connectivity index (χ1) is 9.22. The lowest BCUT2D eigenvalue weighted by atomic mass is 9.83. The summed E-state index contributed by atoms with van der Waals surface area (Å²) in [6, 6.07) is 0.704. The monoisotopic (exact) mass is 267 g/mol. The van der Waals surface area contributed by atoms with E-state index in [1.807, 2.05) is 16.8 Å². The van der Waals surface area contributed by atoms with E-state index in [0.29, 0.717) is 6.04 Å². The second-order valence-corrected chi connectivity index (χ2v) is 6.11. The molecule has 1 saturated heterocycles. The van der Waals surface area contributed by atoms with E-state index in [1.165, 1.54) is 32.1 Å². The molecule has 0 aromatic heterocycles. The van der Waals surface area contributed by atoms with Gasteiger partial charge in [0.25, 0.3) is 0 Å². The van der Waals surface area contributed by atoms with Crippen molar-refractivity contribution < 1.29 is 4.79 Å². The third kappa shape index (κ3) is 3.85. The van der Waals surface area contributed by atoms with Gasteiger partial charge < -0.3 is 15.1 Å². The first-order valence-electron chi connectivity index (χ1n) is 7.95. The smallest absolute Gasteiger partial charge is 0.319 e. The lowest BCUT2D eigenvalue weighted by Crippen LogP contribution is -2.47. The fourth-order valence-corrected chi connectivity index (χ4v) is 3.36. The second-order valence-electron chi connectivity index (χ2n) is 6.11. The normalized spacial score (nSPS) is 23.2. The number of nitrogens with one attached hydrogen (secondary N) is 1. The van der Waals surface area contributed by atoms with Crippen molar-refractivity contribution in [3.8, 4) is 0 Å². The molecular weight excluding hydrogens is 238 g/mol. The molecule has 1 saturated carbocycles. The third-order valence-electron chi connectivity index (χ3n) is 4.59. The summed E-state index contributed by atoms with van der Waals surface area (Å²) in [6.45, 7) is 5.95. The Hall–Kier alpha value is -0.770. The van der Waals surface area contributed by atoms with Crippen LogP contribution in [-0.4, -0.2) is 55.1 Å². The molecule has 1 aliphatic carbocycles. The van der Waals surface area contributed by atoms with Crippen molar-refractivity contribution in [1.82, 2.24) is 15.1 Å². The van der Waals surface area contributed by atoms with Gasteiger partial charge in [0.1, 0.15) is 0 Å². The van der Waals surface area contributed by atoms with Crippen LogP contribution in [0.1, 0.15) is 45.4 Å². The zero-order chi connectivity index (χ0) is 13.7. The number of nitrogens with zero attached hydrogens (tertiary/aromatic N) is 2. The topological polar surface area (TPSA) is 35.6 Å². The molecule has 2 rings (SSSR count). The quantitative estimate of drug-likeness (QED) is 0.801. The molecule has 19 heavy (non-hydrogen) atoms. The minimum Gasteiger partial charge on any atom is -0.326 e. The molecule has 0 spiro atoms. The summed E-state index contributed by atoms with van der Waals surface area (Å²) < 4.78 is 0. The van der Waals surface area contributed by atoms with Crippen molar-refractivity contribution >= 4 is 6.03 Å². The van der Waals surface area contributed by atoms with Crippen molar-refractivity contribution in [3.05, 3.63) is 0 Å². The van der Waals surface area contributed by atoms with Gasteiger partial charge in [-0.2, -0.15) is 0 Å². The summed E-state index contributed by atoms with van der Waals surface area (Å²) in [5.41, 5.74) is 0. The molecule has 1 unspecified atom stereocenters. The van der Waals surface area contributed by atoms with Gasteiger partial charge in [-0.25, -0.2) is 4.79 Å². The van der Waals surface area contributed by atoms with Gasteiger partial charge in [-0.1, -0.05) is 26.2 Å². The molecule has 1 heterocycles. The van der Waals surface area contributed by atoms with Crippen molar-refractivity contribution in [2.75, 3.05) is 33.2 Å². The predicted octanol–water partition coefficient (Wildman–Crippen LogP) is 2.30. The minimum atomic E-state index is 0.208. The number of urea groups is 1. The number of likely N-dealkylation sites (N-methyl/N-ethyl adjacent to an activating group) is 1. The van der Waals surface area contributed by atoms with Crippen LogP contribution in [0.15, 0.2) is 0 Å². The van der Waals surface area contributed by atoms with Crippen molar-refractivity contribution in [2.45, 2.75) is 51.5 Å². The summed E-state index contributed by atoms with van der Waals surface area (Å²) in [5.74, 6) is 0.763. The van der Waals surface area contributed by atoms with Crippen molar-refractivity contribution in [3.63, 3.8) is 0 Å². The summed E-state index contributed by atoms with van der Waals surface area (Å²) in [5, 5.41) is 3.69. The lowest BCUT2D eigenvalue weighted by Gasteiger charge is -2.33. The van der Waals surface area contributed by atoms with Crippen molar-refractivity contribution in [2.24, 2.45) is 5.92 Å². The maximum atomic E-state index is 12.0. The fourth-order valence-electron chi connectivity index (χ4n) is 3.36. The van der Waals surface area contributed by atoms with Gasteiger partial charge in [0, 0.05) is 32.7 Å². The first-order valence-corrected chi connectivity index (χ1v) is 7.95. The molecule has 0 aromatic carbocycles. The van der Waals surface area contributed by atoms with Gasteiger partial charge in [-0.05, 0) is 31.7 Å². The summed E-state index contributed by atoms with van der Waals surface area (Å²) >= 11 is 0. The van der Waals surface area contributed by atoms with E-state index in [-0.39, 0.29) is 6.03 Å². The number of hydrogen-bond acceptors (Lipinski definition) is 2. The number of hydrogen-bond donors (Lipinski definition) is 1. The lowest BCUT2D eigenvalue weighted by molar-refractivity contribution is 0.179. The maximum Gasteiger partial charge on any atom is 0.319 e. The highest BCUT2D eigenvalue weighted by Crippen LogP contribution is 2.27. The Morgan fingerprint density at radius 1 is 1.26 bits per heavy atom. The van der Waals surface area contributed by atoms with Gasteiger partial charge in [-0.15, -0.1) is 0 Å². The molecule has 0 aromatic rings. The van der Waals surface area contributed by atoms with E-state index in [2.05, 4.69) is 12.2 Å². The highest BCUT2D eigenvalue weighted by molar-refractivity contribution is 5.76. The fraction of sp³-hybridized carbons (Fsp3) is 0.933. The first kappa shape index (κ1) is 14.6. The van der Waals surface area contributed by atoms with E-state index in [4.69, 9.17) is 0 Å². The highest BCUT2D eigenvalue weighted by Gasteiger charge is 2.31. The highest BCUT2D eigenvalue weighted by atomic mass is 16.2. The standard InChI is InChI=1S/C15H29N3O/c1-3-9-16-14(13-7-5-4-6-8-13)12-18-11-10-17(2)15(18)19/h13-14,16H,3-12H2,1-2H3. The van der Waals surface area contributed by atoms with E-state index in [9.17, 15) is 4.79 Å². The molecule has 1 aliphatic heterocycles. The largest absolute Gasteiger partial charge is 0.326 e. The van der Waals surface area contributed by atoms with Crippen LogP contribution in [0, 0.1) is 5.92 Å². The Bertz CT molecular complexity index is 289. The second kappa shape index (κ2) is 7.13. The Morgan fingerprint density at radius 2 is 2.00 bits per heavy atom. The van der Waals surface area contributed by atoms with Crippen LogP contribution in [0.25, 0.3) is 0 Å². The zero-order valence-corrected chi connectivity index (χ0v) is 12.5. The van der Waals surface area contributed by atoms with Crippen LogP contribution >= 0.6 is 0 Å². The molecule has 4 heteroatoms. The van der Waals surface area contributed by atoms with Gasteiger partial charge in [0.05, 0.1) is 0 Å². The van der Waals surface area contributed by atoms with E-state index >= 15 is 0 Å². The number of carbonyl (C=O) groups excluding carboxylic acids is 1. The number of carbonyl (C=O) groups is 1. The van der Waals surface area contributed by atoms with Crippen LogP contribution in [0.4, 0.5) is 4.79 Å². The predicted molar refractivity (Wildman–Crippen MR) is 78.3 cm³/mol. The molecule has 1 atom stereocenters. The van der Waals surface area contributed by atoms with Crippen LogP contribution in [0.5, 0.6) is 0 Å². The summed E-state index contributed by atoms with van der Waals surface area (Å²) in [6.07, 6.45) is 7.95. The van der Waals surface area contributed by atoms with Gasteiger partial charge in [0.2, 0.25) is 0 Å². The Kier molecular flexibility index (Phi) is 5.49. The van der Waals surface area contributed by atoms with E-state index in [1.54, 1.807) is 0 Å². The Morgan fingerprint density at radius 3 is 2.58 bits per heavy atom. The molecule has 2 fully saturated rings. The van der Waals surface area contributed by atoms with Gasteiger partial charge in [0.15, 0.2) is 0 Å². The van der Waals surface area contributed by atoms with Crippen molar-refractivity contribution in [1.29, 1.82) is 0 Å². The SMILES string of the molecule is CCCNC(CN1CCN(C)C1=O)C1CCCCC1. The molecule has 2 aliphatic rings. The van der Waals surface area contributed by atoms with E-state index < -0.39 is 0 Å². The average Bonchev–Trinajstić information content (AvgIpc) is 2.76. The molecule has 0 radical (unpaired) electrons. The molecule has 0 bridgehead atoms. The zero-order valence-electron chi connectivity index (χ0n) is 12.5. The minimum absolute atomic E-state index is 0.208. The number of rotatable bonds is 6. The average molecular weight is 267 g/mol. The van der Waals surface area contributed by atoms with Gasteiger partial charge in [-0.3, -0.25) is 0 Å². The van der Waals surface area contributed by atoms with E-state index in [0.717, 1.165) is 38.5 Å².